The summed E-state index contributed by atoms with van der Waals surface area (Å²) in [5, 5.41) is 20.9. The molecule has 0 fully saturated rings. The van der Waals surface area contributed by atoms with Crippen LogP contribution in [0.25, 0.3) is 0 Å². The Morgan fingerprint density at radius 2 is 2.16 bits per heavy atom. The average molecular weight is 263 g/mol. The Hall–Kier alpha value is -1.82. The van der Waals surface area contributed by atoms with Crippen molar-refractivity contribution in [2.24, 2.45) is 7.05 Å². The Bertz CT molecular complexity index is 557. The molecule has 0 amide bonds. The molecule has 0 aliphatic carbocycles. The van der Waals surface area contributed by atoms with Crippen molar-refractivity contribution in [2.75, 3.05) is 11.9 Å². The standard InChI is InChI=1S/C13H21N5O/c1-9(13-10(2)16-17(4)11(13)3)15-12-7-14-18(8-12)5-6-19/h7-9,15,19H,5-6H2,1-4H3. The predicted molar refractivity (Wildman–Crippen MR) is 74.0 cm³/mol. The zero-order chi connectivity index (χ0) is 14.0. The van der Waals surface area contributed by atoms with Crippen LogP contribution in [-0.4, -0.2) is 31.3 Å². The van der Waals surface area contributed by atoms with Crippen molar-refractivity contribution in [3.05, 3.63) is 29.3 Å². The van der Waals surface area contributed by atoms with Crippen LogP contribution in [-0.2, 0) is 13.6 Å². The van der Waals surface area contributed by atoms with Gasteiger partial charge in [0.05, 0.1) is 36.8 Å². The Kier molecular flexibility index (Phi) is 3.90. The fraction of sp³-hybridized carbons (Fsp3) is 0.538. The van der Waals surface area contributed by atoms with Gasteiger partial charge in [-0.15, -0.1) is 0 Å². The number of anilines is 1. The van der Waals surface area contributed by atoms with E-state index in [4.69, 9.17) is 5.11 Å². The lowest BCUT2D eigenvalue weighted by atomic mass is 10.1. The molecular weight excluding hydrogens is 242 g/mol. The third-order valence-electron chi connectivity index (χ3n) is 3.34. The monoisotopic (exact) mass is 263 g/mol. The summed E-state index contributed by atoms with van der Waals surface area (Å²) >= 11 is 0. The third-order valence-corrected chi connectivity index (χ3v) is 3.34. The molecule has 2 N–H and O–H groups in total. The molecule has 0 saturated carbocycles. The van der Waals surface area contributed by atoms with E-state index >= 15 is 0 Å². The number of aryl methyl sites for hydroxylation is 2. The first-order valence-electron chi connectivity index (χ1n) is 6.43. The van der Waals surface area contributed by atoms with Crippen molar-refractivity contribution >= 4 is 5.69 Å². The second kappa shape index (κ2) is 5.44. The van der Waals surface area contributed by atoms with Gasteiger partial charge in [-0.25, -0.2) is 0 Å². The molecule has 2 heterocycles. The first-order valence-corrected chi connectivity index (χ1v) is 6.43. The van der Waals surface area contributed by atoms with Gasteiger partial charge in [-0.05, 0) is 20.8 Å². The van der Waals surface area contributed by atoms with Crippen molar-refractivity contribution in [1.29, 1.82) is 0 Å². The maximum Gasteiger partial charge on any atom is 0.0731 e. The van der Waals surface area contributed by atoms with Gasteiger partial charge < -0.3 is 10.4 Å². The molecule has 2 aromatic rings. The van der Waals surface area contributed by atoms with E-state index in [2.05, 4.69) is 29.4 Å². The smallest absolute Gasteiger partial charge is 0.0731 e. The van der Waals surface area contributed by atoms with Crippen LogP contribution in [0, 0.1) is 13.8 Å². The Morgan fingerprint density at radius 3 is 2.74 bits per heavy atom. The van der Waals surface area contributed by atoms with Gasteiger partial charge in [0.25, 0.3) is 0 Å². The number of hydrogen-bond acceptors (Lipinski definition) is 4. The molecule has 0 bridgehead atoms. The quantitative estimate of drug-likeness (QED) is 0.855. The number of nitrogens with one attached hydrogen (secondary N) is 1. The van der Waals surface area contributed by atoms with Gasteiger partial charge in [0.15, 0.2) is 0 Å². The normalized spacial score (nSPS) is 12.7. The van der Waals surface area contributed by atoms with Crippen molar-refractivity contribution in [1.82, 2.24) is 19.6 Å². The number of aromatic nitrogens is 4. The lowest BCUT2D eigenvalue weighted by molar-refractivity contribution is 0.269. The fourth-order valence-corrected chi connectivity index (χ4v) is 2.40. The van der Waals surface area contributed by atoms with Crippen LogP contribution >= 0.6 is 0 Å². The molecule has 0 spiro atoms. The molecule has 2 aromatic heterocycles. The Labute approximate surface area is 113 Å². The zero-order valence-electron chi connectivity index (χ0n) is 11.9. The topological polar surface area (TPSA) is 67.9 Å². The summed E-state index contributed by atoms with van der Waals surface area (Å²) in [6.07, 6.45) is 3.67. The number of hydrogen-bond donors (Lipinski definition) is 2. The summed E-state index contributed by atoms with van der Waals surface area (Å²) < 4.78 is 3.62. The number of aliphatic hydroxyl groups is 1. The highest BCUT2D eigenvalue weighted by Gasteiger charge is 2.16. The van der Waals surface area contributed by atoms with E-state index in [1.165, 1.54) is 11.3 Å². The molecular formula is C13H21N5O. The van der Waals surface area contributed by atoms with E-state index in [9.17, 15) is 0 Å². The predicted octanol–water partition coefficient (Wildman–Crippen LogP) is 1.40. The van der Waals surface area contributed by atoms with Crippen molar-refractivity contribution in [3.63, 3.8) is 0 Å². The van der Waals surface area contributed by atoms with Crippen LogP contribution in [0.1, 0.15) is 29.9 Å². The Balaban J connectivity index is 2.13. The highest BCUT2D eigenvalue weighted by atomic mass is 16.3. The van der Waals surface area contributed by atoms with Crippen molar-refractivity contribution in [3.8, 4) is 0 Å². The van der Waals surface area contributed by atoms with Crippen LogP contribution in [0.3, 0.4) is 0 Å². The van der Waals surface area contributed by atoms with Crippen molar-refractivity contribution in [2.45, 2.75) is 33.4 Å². The maximum atomic E-state index is 8.87. The summed E-state index contributed by atoms with van der Waals surface area (Å²) in [6.45, 7) is 6.82. The van der Waals surface area contributed by atoms with Gasteiger partial charge in [-0.3, -0.25) is 9.36 Å². The SMILES string of the molecule is Cc1nn(C)c(C)c1C(C)Nc1cnn(CCO)c1. The van der Waals surface area contributed by atoms with E-state index < -0.39 is 0 Å². The molecule has 0 radical (unpaired) electrons. The summed E-state index contributed by atoms with van der Waals surface area (Å²) in [5.74, 6) is 0. The van der Waals surface area contributed by atoms with Crippen LogP contribution in [0.5, 0.6) is 0 Å². The van der Waals surface area contributed by atoms with Gasteiger partial charge in [0.2, 0.25) is 0 Å². The molecule has 6 heteroatoms. The third kappa shape index (κ3) is 2.78. The minimum absolute atomic E-state index is 0.0947. The van der Waals surface area contributed by atoms with E-state index in [1.807, 2.05) is 24.9 Å². The van der Waals surface area contributed by atoms with Gasteiger partial charge in [-0.1, -0.05) is 0 Å². The molecule has 19 heavy (non-hydrogen) atoms. The van der Waals surface area contributed by atoms with Crippen LogP contribution < -0.4 is 5.32 Å². The van der Waals surface area contributed by atoms with Crippen LogP contribution in [0.15, 0.2) is 12.4 Å². The van der Waals surface area contributed by atoms with Crippen LogP contribution in [0.2, 0.25) is 0 Å². The van der Waals surface area contributed by atoms with E-state index in [-0.39, 0.29) is 12.6 Å². The van der Waals surface area contributed by atoms with Gasteiger partial charge in [0, 0.05) is 24.5 Å². The number of rotatable bonds is 5. The Morgan fingerprint density at radius 1 is 1.42 bits per heavy atom. The molecule has 1 unspecified atom stereocenters. The van der Waals surface area contributed by atoms with Crippen LogP contribution in [0.4, 0.5) is 5.69 Å². The van der Waals surface area contributed by atoms with Gasteiger partial charge >= 0.3 is 0 Å². The van der Waals surface area contributed by atoms with Gasteiger partial charge in [-0.2, -0.15) is 10.2 Å². The summed E-state index contributed by atoms with van der Waals surface area (Å²) in [5.41, 5.74) is 4.38. The highest BCUT2D eigenvalue weighted by Crippen LogP contribution is 2.24. The molecule has 0 aromatic carbocycles. The first-order chi connectivity index (χ1) is 9.02. The first kappa shape index (κ1) is 13.6. The van der Waals surface area contributed by atoms with E-state index in [0.29, 0.717) is 6.54 Å². The average Bonchev–Trinajstić information content (AvgIpc) is 2.86. The van der Waals surface area contributed by atoms with Gasteiger partial charge in [0.1, 0.15) is 0 Å². The lowest BCUT2D eigenvalue weighted by Crippen LogP contribution is -2.08. The second-order valence-corrected chi connectivity index (χ2v) is 4.79. The maximum absolute atomic E-state index is 8.87. The summed E-state index contributed by atoms with van der Waals surface area (Å²) in [7, 11) is 1.96. The molecule has 2 rings (SSSR count). The largest absolute Gasteiger partial charge is 0.394 e. The minimum Gasteiger partial charge on any atom is -0.394 e. The minimum atomic E-state index is 0.0947. The van der Waals surface area contributed by atoms with Crippen molar-refractivity contribution < 1.29 is 5.11 Å². The number of aliphatic hydroxyl groups excluding tert-OH is 1. The molecule has 0 aliphatic heterocycles. The second-order valence-electron chi connectivity index (χ2n) is 4.79. The summed E-state index contributed by atoms with van der Waals surface area (Å²) in [6, 6.07) is 0.167. The van der Waals surface area contributed by atoms with E-state index in [1.54, 1.807) is 10.9 Å². The molecule has 6 nitrogen and oxygen atoms in total. The molecule has 104 valence electrons. The number of nitrogens with zero attached hydrogens (tertiary/aromatic N) is 4. The zero-order valence-corrected chi connectivity index (χ0v) is 11.9. The highest BCUT2D eigenvalue weighted by molar-refractivity contribution is 5.43. The molecule has 0 aliphatic rings. The fourth-order valence-electron chi connectivity index (χ4n) is 2.40. The summed E-state index contributed by atoms with van der Waals surface area (Å²) in [4.78, 5) is 0. The van der Waals surface area contributed by atoms with E-state index in [0.717, 1.165) is 11.4 Å². The molecule has 1 atom stereocenters. The molecule has 0 saturated heterocycles. The lowest BCUT2D eigenvalue weighted by Gasteiger charge is -2.14.